The molecule has 1 amide bonds. The lowest BCUT2D eigenvalue weighted by Crippen LogP contribution is -2.36. The Morgan fingerprint density at radius 1 is 1.27 bits per heavy atom. The SMILES string of the molecule is Cc1noc(-c2ccnc(-n3cnc(C(=O)NC4CCCCC4)c3)c2)n1. The number of pyridine rings is 1. The van der Waals surface area contributed by atoms with Crippen LogP contribution in [0.3, 0.4) is 0 Å². The Kier molecular flexibility index (Phi) is 4.47. The number of amides is 1. The maximum absolute atomic E-state index is 12.4. The van der Waals surface area contributed by atoms with Crippen LogP contribution in [0.1, 0.15) is 48.4 Å². The Labute approximate surface area is 150 Å². The summed E-state index contributed by atoms with van der Waals surface area (Å²) in [5, 5.41) is 6.87. The number of aryl methyl sites for hydroxylation is 1. The van der Waals surface area contributed by atoms with Gasteiger partial charge in [-0.2, -0.15) is 4.98 Å². The molecule has 26 heavy (non-hydrogen) atoms. The van der Waals surface area contributed by atoms with Gasteiger partial charge in [0.05, 0.1) is 0 Å². The van der Waals surface area contributed by atoms with Crippen LogP contribution in [0, 0.1) is 6.92 Å². The van der Waals surface area contributed by atoms with Gasteiger partial charge in [-0.05, 0) is 31.9 Å². The van der Waals surface area contributed by atoms with E-state index in [1.807, 2.05) is 6.07 Å². The van der Waals surface area contributed by atoms with E-state index in [9.17, 15) is 4.79 Å². The summed E-state index contributed by atoms with van der Waals surface area (Å²) >= 11 is 0. The molecular weight excluding hydrogens is 332 g/mol. The molecule has 8 heteroatoms. The molecule has 0 saturated heterocycles. The Bertz CT molecular complexity index is 910. The summed E-state index contributed by atoms with van der Waals surface area (Å²) in [6.07, 6.45) is 10.6. The lowest BCUT2D eigenvalue weighted by atomic mass is 9.95. The maximum Gasteiger partial charge on any atom is 0.271 e. The molecule has 4 rings (SSSR count). The fraction of sp³-hybridized carbons (Fsp3) is 0.389. The molecule has 3 heterocycles. The van der Waals surface area contributed by atoms with E-state index in [4.69, 9.17) is 4.52 Å². The number of aromatic nitrogens is 5. The topological polar surface area (TPSA) is 98.7 Å². The maximum atomic E-state index is 12.4. The number of hydrogen-bond donors (Lipinski definition) is 1. The summed E-state index contributed by atoms with van der Waals surface area (Å²) in [5.41, 5.74) is 1.15. The van der Waals surface area contributed by atoms with Crippen LogP contribution in [0.5, 0.6) is 0 Å². The van der Waals surface area contributed by atoms with E-state index >= 15 is 0 Å². The van der Waals surface area contributed by atoms with Gasteiger partial charge in [0.15, 0.2) is 5.82 Å². The van der Waals surface area contributed by atoms with Crippen molar-refractivity contribution in [3.05, 3.63) is 42.4 Å². The number of rotatable bonds is 4. The highest BCUT2D eigenvalue weighted by Crippen LogP contribution is 2.20. The molecule has 1 fully saturated rings. The smallest absolute Gasteiger partial charge is 0.271 e. The van der Waals surface area contributed by atoms with Gasteiger partial charge < -0.3 is 9.84 Å². The van der Waals surface area contributed by atoms with Crippen molar-refractivity contribution in [3.63, 3.8) is 0 Å². The number of hydrogen-bond acceptors (Lipinski definition) is 6. The predicted octanol–water partition coefficient (Wildman–Crippen LogP) is 2.69. The highest BCUT2D eigenvalue weighted by molar-refractivity contribution is 5.92. The zero-order chi connectivity index (χ0) is 17.9. The van der Waals surface area contributed by atoms with E-state index in [2.05, 4.69) is 25.4 Å². The molecule has 3 aromatic heterocycles. The second-order valence-corrected chi connectivity index (χ2v) is 6.52. The summed E-state index contributed by atoms with van der Waals surface area (Å²) in [6, 6.07) is 3.87. The van der Waals surface area contributed by atoms with Crippen molar-refractivity contribution in [2.75, 3.05) is 0 Å². The molecular formula is C18H20N6O2. The van der Waals surface area contributed by atoms with Crippen molar-refractivity contribution in [2.45, 2.75) is 45.1 Å². The van der Waals surface area contributed by atoms with Crippen LogP contribution in [0.15, 0.2) is 35.4 Å². The van der Waals surface area contributed by atoms with Crippen LogP contribution in [-0.2, 0) is 0 Å². The zero-order valence-electron chi connectivity index (χ0n) is 14.6. The average Bonchev–Trinajstić information content (AvgIpc) is 3.32. The molecule has 1 aliphatic rings. The van der Waals surface area contributed by atoms with Crippen LogP contribution >= 0.6 is 0 Å². The first-order chi connectivity index (χ1) is 12.7. The van der Waals surface area contributed by atoms with E-state index in [-0.39, 0.29) is 11.9 Å². The van der Waals surface area contributed by atoms with Gasteiger partial charge in [-0.15, -0.1) is 0 Å². The number of carbonyl (C=O) groups is 1. The van der Waals surface area contributed by atoms with Crippen molar-refractivity contribution in [1.82, 2.24) is 30.0 Å². The zero-order valence-corrected chi connectivity index (χ0v) is 14.6. The summed E-state index contributed by atoms with van der Waals surface area (Å²) < 4.78 is 6.90. The number of nitrogens with zero attached hydrogens (tertiary/aromatic N) is 5. The summed E-state index contributed by atoms with van der Waals surface area (Å²) in [5.74, 6) is 1.49. The third-order valence-corrected chi connectivity index (χ3v) is 4.54. The minimum absolute atomic E-state index is 0.140. The average molecular weight is 352 g/mol. The van der Waals surface area contributed by atoms with Crippen LogP contribution in [0.4, 0.5) is 0 Å². The van der Waals surface area contributed by atoms with E-state index < -0.39 is 0 Å². The summed E-state index contributed by atoms with van der Waals surface area (Å²) in [6.45, 7) is 1.77. The minimum atomic E-state index is -0.140. The number of imidazole rings is 1. The Morgan fingerprint density at radius 2 is 2.12 bits per heavy atom. The molecule has 0 atom stereocenters. The van der Waals surface area contributed by atoms with Gasteiger partial charge in [-0.25, -0.2) is 9.97 Å². The van der Waals surface area contributed by atoms with Crippen molar-refractivity contribution < 1.29 is 9.32 Å². The first-order valence-electron chi connectivity index (χ1n) is 8.81. The lowest BCUT2D eigenvalue weighted by Gasteiger charge is -2.22. The number of carbonyl (C=O) groups excluding carboxylic acids is 1. The molecule has 0 unspecified atom stereocenters. The predicted molar refractivity (Wildman–Crippen MR) is 93.7 cm³/mol. The molecule has 0 aliphatic heterocycles. The monoisotopic (exact) mass is 352 g/mol. The fourth-order valence-electron chi connectivity index (χ4n) is 3.18. The molecule has 0 spiro atoms. The summed E-state index contributed by atoms with van der Waals surface area (Å²) in [7, 11) is 0. The minimum Gasteiger partial charge on any atom is -0.348 e. The molecule has 0 bridgehead atoms. The first kappa shape index (κ1) is 16.4. The Morgan fingerprint density at radius 3 is 2.88 bits per heavy atom. The van der Waals surface area contributed by atoms with Crippen molar-refractivity contribution in [1.29, 1.82) is 0 Å². The molecule has 1 saturated carbocycles. The van der Waals surface area contributed by atoms with Crippen LogP contribution in [0.2, 0.25) is 0 Å². The van der Waals surface area contributed by atoms with Crippen LogP contribution in [0.25, 0.3) is 17.3 Å². The van der Waals surface area contributed by atoms with Crippen molar-refractivity contribution >= 4 is 5.91 Å². The second kappa shape index (κ2) is 7.07. The second-order valence-electron chi connectivity index (χ2n) is 6.52. The van der Waals surface area contributed by atoms with Crippen LogP contribution < -0.4 is 5.32 Å². The van der Waals surface area contributed by atoms with Gasteiger partial charge in [-0.1, -0.05) is 24.4 Å². The van der Waals surface area contributed by atoms with Gasteiger partial charge in [-0.3, -0.25) is 9.36 Å². The molecule has 0 aromatic carbocycles. The highest BCUT2D eigenvalue weighted by Gasteiger charge is 2.18. The van der Waals surface area contributed by atoms with Gasteiger partial charge in [0.1, 0.15) is 17.8 Å². The Hall–Kier alpha value is -3.03. The lowest BCUT2D eigenvalue weighted by molar-refractivity contribution is 0.0923. The standard InChI is InChI=1S/C18H20N6O2/c1-12-21-18(26-23-12)13-7-8-19-16(9-13)24-10-15(20-11-24)17(25)22-14-5-3-2-4-6-14/h7-11,14H,2-6H2,1H3,(H,22,25). The third kappa shape index (κ3) is 3.49. The van der Waals surface area contributed by atoms with E-state index in [1.165, 1.54) is 19.3 Å². The number of nitrogens with one attached hydrogen (secondary N) is 1. The first-order valence-corrected chi connectivity index (χ1v) is 8.81. The summed E-state index contributed by atoms with van der Waals surface area (Å²) in [4.78, 5) is 25.2. The van der Waals surface area contributed by atoms with Gasteiger partial charge in [0.2, 0.25) is 0 Å². The van der Waals surface area contributed by atoms with E-state index in [0.717, 1.165) is 18.4 Å². The van der Waals surface area contributed by atoms with Gasteiger partial charge in [0, 0.05) is 24.0 Å². The largest absolute Gasteiger partial charge is 0.348 e. The molecule has 134 valence electrons. The van der Waals surface area contributed by atoms with Gasteiger partial charge in [0.25, 0.3) is 11.8 Å². The molecule has 1 aliphatic carbocycles. The third-order valence-electron chi connectivity index (χ3n) is 4.54. The molecule has 8 nitrogen and oxygen atoms in total. The van der Waals surface area contributed by atoms with E-state index in [1.54, 1.807) is 36.3 Å². The van der Waals surface area contributed by atoms with Crippen molar-refractivity contribution in [2.24, 2.45) is 0 Å². The van der Waals surface area contributed by atoms with Gasteiger partial charge >= 0.3 is 0 Å². The molecule has 3 aromatic rings. The highest BCUT2D eigenvalue weighted by atomic mass is 16.5. The van der Waals surface area contributed by atoms with Crippen molar-refractivity contribution in [3.8, 4) is 17.3 Å². The normalized spacial score (nSPS) is 15.1. The van der Waals surface area contributed by atoms with Crippen LogP contribution in [-0.4, -0.2) is 36.6 Å². The molecule has 0 radical (unpaired) electrons. The molecule has 1 N–H and O–H groups in total. The van der Waals surface area contributed by atoms with E-state index in [0.29, 0.717) is 23.2 Å². The quantitative estimate of drug-likeness (QED) is 0.775. The fourth-order valence-corrected chi connectivity index (χ4v) is 3.18. The Balaban J connectivity index is 1.51.